The Morgan fingerprint density at radius 3 is 2.79 bits per heavy atom. The summed E-state index contributed by atoms with van der Waals surface area (Å²) in [5.74, 6) is -0.466. The highest BCUT2D eigenvalue weighted by molar-refractivity contribution is 7.09. The van der Waals surface area contributed by atoms with Crippen molar-refractivity contribution in [2.24, 2.45) is 11.5 Å². The molecule has 1 aromatic heterocycles. The zero-order valence-electron chi connectivity index (χ0n) is 7.32. The van der Waals surface area contributed by atoms with E-state index in [9.17, 15) is 9.59 Å². The number of hydrogen-bond donors (Lipinski definition) is 3. The van der Waals surface area contributed by atoms with Crippen molar-refractivity contribution in [3.05, 3.63) is 16.1 Å². The molecule has 1 aromatic rings. The van der Waals surface area contributed by atoms with Gasteiger partial charge in [0.25, 0.3) is 0 Å². The third kappa shape index (κ3) is 3.11. The van der Waals surface area contributed by atoms with Crippen LogP contribution in [-0.2, 0) is 17.8 Å². The number of thiazole rings is 1. The molecule has 0 aliphatic rings. The molecular formula is C7H10N4O2S. The van der Waals surface area contributed by atoms with Gasteiger partial charge in [0.2, 0.25) is 5.91 Å². The van der Waals surface area contributed by atoms with Gasteiger partial charge in [0.1, 0.15) is 5.01 Å². The van der Waals surface area contributed by atoms with Gasteiger partial charge in [0, 0.05) is 11.9 Å². The van der Waals surface area contributed by atoms with E-state index in [1.807, 2.05) is 5.32 Å². The average Bonchev–Trinajstić information content (AvgIpc) is 2.50. The maximum atomic E-state index is 11.0. The Balaban J connectivity index is 2.51. The van der Waals surface area contributed by atoms with E-state index in [2.05, 4.69) is 4.98 Å². The number of imide groups is 1. The molecule has 0 bridgehead atoms. The van der Waals surface area contributed by atoms with E-state index in [1.54, 1.807) is 5.38 Å². The molecule has 5 N–H and O–H groups in total. The van der Waals surface area contributed by atoms with E-state index in [0.717, 1.165) is 5.01 Å². The van der Waals surface area contributed by atoms with Gasteiger partial charge in [-0.1, -0.05) is 0 Å². The molecular weight excluding hydrogens is 204 g/mol. The smallest absolute Gasteiger partial charge is 0.318 e. The quantitative estimate of drug-likeness (QED) is 0.620. The van der Waals surface area contributed by atoms with Gasteiger partial charge in [-0.25, -0.2) is 9.78 Å². The molecule has 0 fully saturated rings. The molecule has 0 unspecified atom stereocenters. The van der Waals surface area contributed by atoms with Gasteiger partial charge in [0.05, 0.1) is 12.1 Å². The highest BCUT2D eigenvalue weighted by Crippen LogP contribution is 2.08. The lowest BCUT2D eigenvalue weighted by Gasteiger charge is -1.96. The number of aromatic nitrogens is 1. The van der Waals surface area contributed by atoms with Crippen molar-refractivity contribution in [2.45, 2.75) is 13.0 Å². The fourth-order valence-corrected chi connectivity index (χ4v) is 1.54. The van der Waals surface area contributed by atoms with Gasteiger partial charge in [0.15, 0.2) is 0 Å². The van der Waals surface area contributed by atoms with E-state index in [4.69, 9.17) is 11.5 Å². The Morgan fingerprint density at radius 1 is 1.57 bits per heavy atom. The second-order valence-corrected chi connectivity index (χ2v) is 3.47. The first kappa shape index (κ1) is 10.6. The van der Waals surface area contributed by atoms with Crippen molar-refractivity contribution >= 4 is 23.3 Å². The molecule has 76 valence electrons. The molecule has 1 heterocycles. The van der Waals surface area contributed by atoms with Crippen LogP contribution < -0.4 is 16.8 Å². The van der Waals surface area contributed by atoms with Gasteiger partial charge < -0.3 is 11.5 Å². The Kier molecular flexibility index (Phi) is 3.55. The molecule has 7 heteroatoms. The van der Waals surface area contributed by atoms with Crippen molar-refractivity contribution < 1.29 is 9.59 Å². The first-order chi connectivity index (χ1) is 6.61. The summed E-state index contributed by atoms with van der Waals surface area (Å²) < 4.78 is 0. The van der Waals surface area contributed by atoms with Gasteiger partial charge >= 0.3 is 6.03 Å². The Labute approximate surface area is 84.3 Å². The number of amides is 3. The number of carbonyl (C=O) groups is 2. The van der Waals surface area contributed by atoms with Crippen LogP contribution in [0.1, 0.15) is 10.7 Å². The molecule has 0 spiro atoms. The third-order valence-corrected chi connectivity index (χ3v) is 2.30. The summed E-state index contributed by atoms with van der Waals surface area (Å²) in [4.78, 5) is 25.4. The minimum absolute atomic E-state index is 0.0411. The van der Waals surface area contributed by atoms with E-state index in [1.165, 1.54) is 11.3 Å². The molecule has 14 heavy (non-hydrogen) atoms. The maximum absolute atomic E-state index is 11.0. The molecule has 6 nitrogen and oxygen atoms in total. The minimum atomic E-state index is -0.857. The molecule has 0 radical (unpaired) electrons. The molecule has 1 rings (SSSR count). The molecule has 0 aliphatic heterocycles. The lowest BCUT2D eigenvalue weighted by atomic mass is 10.3. The molecule has 0 saturated carbocycles. The number of carbonyl (C=O) groups excluding carboxylic acids is 2. The van der Waals surface area contributed by atoms with Crippen LogP contribution in [0.3, 0.4) is 0 Å². The third-order valence-electron chi connectivity index (χ3n) is 1.38. The number of nitrogens with two attached hydrogens (primary N) is 2. The summed E-state index contributed by atoms with van der Waals surface area (Å²) in [6.45, 7) is 0.349. The standard InChI is InChI=1S/C7H10N4O2S/c8-2-6-10-4(3-14-6)1-5(12)11-7(9)13/h3H,1-2,8H2,(H3,9,11,12,13). The number of hydrogen-bond acceptors (Lipinski definition) is 5. The summed E-state index contributed by atoms with van der Waals surface area (Å²) >= 11 is 1.38. The van der Waals surface area contributed by atoms with Crippen LogP contribution in [0.5, 0.6) is 0 Å². The van der Waals surface area contributed by atoms with E-state index in [0.29, 0.717) is 12.2 Å². The molecule has 0 saturated heterocycles. The van der Waals surface area contributed by atoms with Gasteiger partial charge in [-0.3, -0.25) is 10.1 Å². The van der Waals surface area contributed by atoms with Crippen LogP contribution in [-0.4, -0.2) is 16.9 Å². The second-order valence-electron chi connectivity index (χ2n) is 2.53. The summed E-state index contributed by atoms with van der Waals surface area (Å²) in [5, 5.41) is 4.43. The number of nitrogens with one attached hydrogen (secondary N) is 1. The monoisotopic (exact) mass is 214 g/mol. The summed E-state index contributed by atoms with van der Waals surface area (Å²) in [5.41, 5.74) is 10.7. The summed E-state index contributed by atoms with van der Waals surface area (Å²) in [6, 6.07) is -0.857. The van der Waals surface area contributed by atoms with Crippen LogP contribution in [0, 0.1) is 0 Å². The number of urea groups is 1. The van der Waals surface area contributed by atoms with Crippen molar-refractivity contribution in [3.8, 4) is 0 Å². The SMILES string of the molecule is NCc1nc(CC(=O)NC(N)=O)cs1. The Hall–Kier alpha value is -1.47. The van der Waals surface area contributed by atoms with E-state index in [-0.39, 0.29) is 6.42 Å². The second kappa shape index (κ2) is 4.68. The van der Waals surface area contributed by atoms with Crippen LogP contribution >= 0.6 is 11.3 Å². The van der Waals surface area contributed by atoms with Crippen molar-refractivity contribution in [1.82, 2.24) is 10.3 Å². The van der Waals surface area contributed by atoms with E-state index < -0.39 is 11.9 Å². The van der Waals surface area contributed by atoms with Crippen LogP contribution in [0.25, 0.3) is 0 Å². The number of rotatable bonds is 3. The molecule has 0 aliphatic carbocycles. The summed E-state index contributed by atoms with van der Waals surface area (Å²) in [6.07, 6.45) is 0.0411. The zero-order valence-corrected chi connectivity index (χ0v) is 8.13. The van der Waals surface area contributed by atoms with Crippen molar-refractivity contribution in [1.29, 1.82) is 0 Å². The molecule has 0 atom stereocenters. The van der Waals surface area contributed by atoms with E-state index >= 15 is 0 Å². The molecule has 0 aromatic carbocycles. The largest absolute Gasteiger partial charge is 0.351 e. The van der Waals surface area contributed by atoms with Crippen molar-refractivity contribution in [3.63, 3.8) is 0 Å². The number of primary amides is 1. The topological polar surface area (TPSA) is 111 Å². The predicted molar refractivity (Wildman–Crippen MR) is 51.4 cm³/mol. The first-order valence-corrected chi connectivity index (χ1v) is 4.72. The lowest BCUT2D eigenvalue weighted by molar-refractivity contribution is -0.119. The molecule has 3 amide bonds. The maximum Gasteiger partial charge on any atom is 0.318 e. The normalized spacial score (nSPS) is 9.79. The minimum Gasteiger partial charge on any atom is -0.351 e. The van der Waals surface area contributed by atoms with Crippen LogP contribution in [0.2, 0.25) is 0 Å². The Morgan fingerprint density at radius 2 is 2.29 bits per heavy atom. The lowest BCUT2D eigenvalue weighted by Crippen LogP contribution is -2.36. The fourth-order valence-electron chi connectivity index (χ4n) is 0.870. The van der Waals surface area contributed by atoms with Crippen molar-refractivity contribution in [2.75, 3.05) is 0 Å². The van der Waals surface area contributed by atoms with Gasteiger partial charge in [-0.15, -0.1) is 11.3 Å². The summed E-state index contributed by atoms with van der Waals surface area (Å²) in [7, 11) is 0. The predicted octanol–water partition coefficient (Wildman–Crippen LogP) is -0.661. The van der Waals surface area contributed by atoms with Gasteiger partial charge in [-0.05, 0) is 0 Å². The van der Waals surface area contributed by atoms with Gasteiger partial charge in [-0.2, -0.15) is 0 Å². The fraction of sp³-hybridized carbons (Fsp3) is 0.286. The Bertz CT molecular complexity index is 349. The average molecular weight is 214 g/mol. The highest BCUT2D eigenvalue weighted by atomic mass is 32.1. The van der Waals surface area contributed by atoms with Crippen LogP contribution in [0.4, 0.5) is 4.79 Å². The number of nitrogens with zero attached hydrogens (tertiary/aromatic N) is 1. The van der Waals surface area contributed by atoms with Crippen LogP contribution in [0.15, 0.2) is 5.38 Å². The zero-order chi connectivity index (χ0) is 10.6. The first-order valence-electron chi connectivity index (χ1n) is 3.84. The highest BCUT2D eigenvalue weighted by Gasteiger charge is 2.08.